The number of carbonyl (C=O) groups is 2. The number of nitrogens with zero attached hydrogens (tertiary/aromatic N) is 3. The second-order valence-corrected chi connectivity index (χ2v) is 6.57. The predicted molar refractivity (Wildman–Crippen MR) is 95.9 cm³/mol. The molecule has 1 aliphatic heterocycles. The molecule has 1 saturated heterocycles. The van der Waals surface area contributed by atoms with Crippen molar-refractivity contribution in [2.45, 2.75) is 6.92 Å². The summed E-state index contributed by atoms with van der Waals surface area (Å²) in [5.41, 5.74) is 0.865. The van der Waals surface area contributed by atoms with E-state index < -0.39 is 11.8 Å². The molecule has 0 radical (unpaired) electrons. The van der Waals surface area contributed by atoms with Gasteiger partial charge in [0.15, 0.2) is 0 Å². The largest absolute Gasteiger partial charge is 0.348 e. The summed E-state index contributed by atoms with van der Waals surface area (Å²) in [4.78, 5) is 28.5. The molecule has 0 aromatic heterocycles. The number of carbonyl (C=O) groups excluding carboxylic acids is 2. The zero-order valence-electron chi connectivity index (χ0n) is 14.8. The second kappa shape index (κ2) is 9.16. The first kappa shape index (κ1) is 18.9. The minimum atomic E-state index is -0.720. The van der Waals surface area contributed by atoms with Crippen molar-refractivity contribution in [2.75, 3.05) is 51.6 Å². The lowest BCUT2D eigenvalue weighted by molar-refractivity contribution is -0.136. The van der Waals surface area contributed by atoms with Crippen LogP contribution in [-0.4, -0.2) is 67.9 Å². The fourth-order valence-electron chi connectivity index (χ4n) is 2.74. The van der Waals surface area contributed by atoms with E-state index in [0.29, 0.717) is 17.8 Å². The zero-order chi connectivity index (χ0) is 18.2. The van der Waals surface area contributed by atoms with E-state index in [1.165, 1.54) is 6.07 Å². The van der Waals surface area contributed by atoms with Crippen molar-refractivity contribution in [3.8, 4) is 6.07 Å². The normalized spacial score (nSPS) is 16.7. The third-order valence-corrected chi connectivity index (χ3v) is 4.23. The lowest BCUT2D eigenvalue weighted by Crippen LogP contribution is -2.47. The lowest BCUT2D eigenvalue weighted by atomic mass is 10.1. The monoisotopic (exact) mass is 343 g/mol. The Morgan fingerprint density at radius 2 is 1.96 bits per heavy atom. The van der Waals surface area contributed by atoms with E-state index in [1.807, 2.05) is 6.07 Å². The highest BCUT2D eigenvalue weighted by Crippen LogP contribution is 2.09. The molecular formula is C18H25N5O2. The summed E-state index contributed by atoms with van der Waals surface area (Å²) in [6, 6.07) is 8.45. The van der Waals surface area contributed by atoms with Gasteiger partial charge in [0.05, 0.1) is 11.6 Å². The third-order valence-electron chi connectivity index (χ3n) is 4.23. The Morgan fingerprint density at radius 1 is 1.24 bits per heavy atom. The molecule has 7 heteroatoms. The molecule has 2 amide bonds. The quantitative estimate of drug-likeness (QED) is 0.760. The summed E-state index contributed by atoms with van der Waals surface area (Å²) in [7, 11) is 2.12. The number of hydrogen-bond acceptors (Lipinski definition) is 5. The highest BCUT2D eigenvalue weighted by molar-refractivity contribution is 6.39. The summed E-state index contributed by atoms with van der Waals surface area (Å²) < 4.78 is 0. The molecule has 7 nitrogen and oxygen atoms in total. The lowest BCUT2D eigenvalue weighted by Gasteiger charge is -2.33. The number of piperazine rings is 1. The predicted octanol–water partition coefficient (Wildman–Crippen LogP) is 0.496. The maximum absolute atomic E-state index is 11.9. The van der Waals surface area contributed by atoms with Crippen molar-refractivity contribution >= 4 is 17.5 Å². The minimum Gasteiger partial charge on any atom is -0.348 e. The first-order valence-electron chi connectivity index (χ1n) is 8.48. The van der Waals surface area contributed by atoms with Crippen molar-refractivity contribution in [3.05, 3.63) is 29.8 Å². The van der Waals surface area contributed by atoms with Crippen molar-refractivity contribution in [1.29, 1.82) is 5.26 Å². The molecule has 1 unspecified atom stereocenters. The first-order valence-corrected chi connectivity index (χ1v) is 8.48. The van der Waals surface area contributed by atoms with Crippen molar-refractivity contribution in [1.82, 2.24) is 15.1 Å². The molecule has 1 aromatic rings. The van der Waals surface area contributed by atoms with Crippen LogP contribution in [0.3, 0.4) is 0 Å². The molecule has 0 bridgehead atoms. The number of nitrogens with one attached hydrogen (secondary N) is 2. The van der Waals surface area contributed by atoms with Crippen LogP contribution in [0.1, 0.15) is 12.5 Å². The molecule has 1 aliphatic rings. The molecule has 2 N–H and O–H groups in total. The smallest absolute Gasteiger partial charge is 0.313 e. The van der Waals surface area contributed by atoms with Gasteiger partial charge in [-0.1, -0.05) is 13.0 Å². The Morgan fingerprint density at radius 3 is 2.64 bits per heavy atom. The van der Waals surface area contributed by atoms with Crippen LogP contribution in [0.25, 0.3) is 0 Å². The topological polar surface area (TPSA) is 88.5 Å². The molecule has 134 valence electrons. The zero-order valence-corrected chi connectivity index (χ0v) is 14.8. The molecule has 25 heavy (non-hydrogen) atoms. The summed E-state index contributed by atoms with van der Waals surface area (Å²) in [6.07, 6.45) is 0. The van der Waals surface area contributed by atoms with Crippen LogP contribution in [-0.2, 0) is 9.59 Å². The van der Waals surface area contributed by atoms with Gasteiger partial charge in [0, 0.05) is 45.0 Å². The maximum atomic E-state index is 11.9. The first-order chi connectivity index (χ1) is 12.0. The Balaban J connectivity index is 1.73. The van der Waals surface area contributed by atoms with Gasteiger partial charge in [0.25, 0.3) is 0 Å². The molecule has 2 rings (SSSR count). The Hall–Kier alpha value is -2.43. The Bertz CT molecular complexity index is 647. The Labute approximate surface area is 148 Å². The number of nitriles is 1. The van der Waals surface area contributed by atoms with E-state index in [-0.39, 0.29) is 5.92 Å². The third kappa shape index (κ3) is 6.18. The SMILES string of the molecule is CC(CNC(=O)C(=O)Nc1cccc(C#N)c1)CN1CCN(C)CC1. The second-order valence-electron chi connectivity index (χ2n) is 6.57. The van der Waals surface area contributed by atoms with E-state index in [1.54, 1.807) is 18.2 Å². The van der Waals surface area contributed by atoms with Gasteiger partial charge in [-0.15, -0.1) is 0 Å². The van der Waals surface area contributed by atoms with Crippen LogP contribution in [0, 0.1) is 17.2 Å². The number of likely N-dealkylation sites (N-methyl/N-ethyl adjacent to an activating group) is 1. The van der Waals surface area contributed by atoms with E-state index in [2.05, 4.69) is 34.4 Å². The van der Waals surface area contributed by atoms with Crippen molar-refractivity contribution < 1.29 is 9.59 Å². The van der Waals surface area contributed by atoms with Crippen LogP contribution in [0.5, 0.6) is 0 Å². The number of hydrogen-bond donors (Lipinski definition) is 2. The average Bonchev–Trinajstić information content (AvgIpc) is 2.61. The van der Waals surface area contributed by atoms with Crippen LogP contribution >= 0.6 is 0 Å². The number of amides is 2. The van der Waals surface area contributed by atoms with E-state index in [4.69, 9.17) is 5.26 Å². The standard InChI is InChI=1S/C18H25N5O2/c1-14(13-23-8-6-22(2)7-9-23)12-20-17(24)18(25)21-16-5-3-4-15(10-16)11-19/h3-5,10,14H,6-9,12-13H2,1-2H3,(H,20,24)(H,21,25). The van der Waals surface area contributed by atoms with Crippen LogP contribution < -0.4 is 10.6 Å². The molecular weight excluding hydrogens is 318 g/mol. The molecule has 1 fully saturated rings. The fourth-order valence-corrected chi connectivity index (χ4v) is 2.74. The van der Waals surface area contributed by atoms with Gasteiger partial charge in [-0.05, 0) is 31.2 Å². The number of rotatable bonds is 5. The van der Waals surface area contributed by atoms with Gasteiger partial charge < -0.3 is 20.4 Å². The van der Waals surface area contributed by atoms with Crippen LogP contribution in [0.4, 0.5) is 5.69 Å². The highest BCUT2D eigenvalue weighted by Gasteiger charge is 2.18. The number of benzene rings is 1. The molecule has 1 heterocycles. The molecule has 0 spiro atoms. The summed E-state index contributed by atoms with van der Waals surface area (Å²) >= 11 is 0. The van der Waals surface area contributed by atoms with E-state index in [9.17, 15) is 9.59 Å². The molecule has 0 saturated carbocycles. The van der Waals surface area contributed by atoms with Crippen LogP contribution in [0.15, 0.2) is 24.3 Å². The van der Waals surface area contributed by atoms with Gasteiger partial charge in [-0.25, -0.2) is 0 Å². The van der Waals surface area contributed by atoms with Gasteiger partial charge in [0.2, 0.25) is 0 Å². The maximum Gasteiger partial charge on any atom is 0.313 e. The molecule has 1 aromatic carbocycles. The minimum absolute atomic E-state index is 0.266. The fraction of sp³-hybridized carbons (Fsp3) is 0.500. The summed E-state index contributed by atoms with van der Waals surface area (Å²) in [5, 5.41) is 14.0. The molecule has 1 atom stereocenters. The molecule has 0 aliphatic carbocycles. The average molecular weight is 343 g/mol. The van der Waals surface area contributed by atoms with Gasteiger partial charge >= 0.3 is 11.8 Å². The summed E-state index contributed by atoms with van der Waals surface area (Å²) in [5.74, 6) is -1.11. The van der Waals surface area contributed by atoms with Gasteiger partial charge in [-0.3, -0.25) is 9.59 Å². The van der Waals surface area contributed by atoms with E-state index in [0.717, 1.165) is 32.7 Å². The summed E-state index contributed by atoms with van der Waals surface area (Å²) in [6.45, 7) is 7.60. The highest BCUT2D eigenvalue weighted by atomic mass is 16.2. The van der Waals surface area contributed by atoms with Crippen LogP contribution in [0.2, 0.25) is 0 Å². The number of anilines is 1. The van der Waals surface area contributed by atoms with Crippen molar-refractivity contribution in [3.63, 3.8) is 0 Å². The Kier molecular flexibility index (Phi) is 6.92. The van der Waals surface area contributed by atoms with Gasteiger partial charge in [-0.2, -0.15) is 5.26 Å². The van der Waals surface area contributed by atoms with Gasteiger partial charge in [0.1, 0.15) is 0 Å². The van der Waals surface area contributed by atoms with E-state index >= 15 is 0 Å². The van der Waals surface area contributed by atoms with Crippen molar-refractivity contribution in [2.24, 2.45) is 5.92 Å².